The molecule has 1 aliphatic heterocycles. The van der Waals surface area contributed by atoms with Crippen molar-refractivity contribution in [2.45, 2.75) is 39.8 Å². The first-order valence-corrected chi connectivity index (χ1v) is 7.94. The molecule has 3 amide bonds. The monoisotopic (exact) mass is 332 g/mol. The summed E-state index contributed by atoms with van der Waals surface area (Å²) < 4.78 is 0. The number of carboxylic acid groups (broad SMARTS) is 1. The molecule has 0 saturated heterocycles. The standard InChI is InChI=1S/C17H23N3O4/c1-9(2)13(16(22)23)19-17(24)20-12-8-6-5-7-11(12)18-15(21)14(20)10(3)4/h5-10,13-14H,1-4H3,(H,18,21)(H,19,24)(H,22,23)/p-1/t13-,14-/m0/s1. The molecule has 24 heavy (non-hydrogen) atoms. The van der Waals surface area contributed by atoms with Gasteiger partial charge in [0.05, 0.1) is 23.4 Å². The predicted molar refractivity (Wildman–Crippen MR) is 88.3 cm³/mol. The number of carbonyl (C=O) groups excluding carboxylic acids is 3. The molecular formula is C17H22N3O4-. The van der Waals surface area contributed by atoms with Crippen LogP contribution < -0.4 is 20.6 Å². The zero-order valence-corrected chi connectivity index (χ0v) is 14.2. The van der Waals surface area contributed by atoms with Gasteiger partial charge in [-0.15, -0.1) is 0 Å². The molecule has 1 aliphatic rings. The summed E-state index contributed by atoms with van der Waals surface area (Å²) in [6.07, 6.45) is 0. The summed E-state index contributed by atoms with van der Waals surface area (Å²) in [6, 6.07) is 4.43. The van der Waals surface area contributed by atoms with E-state index >= 15 is 0 Å². The van der Waals surface area contributed by atoms with Gasteiger partial charge in [0.2, 0.25) is 5.91 Å². The maximum Gasteiger partial charge on any atom is 0.323 e. The molecule has 0 bridgehead atoms. The second kappa shape index (κ2) is 6.90. The lowest BCUT2D eigenvalue weighted by Gasteiger charge is -2.39. The molecule has 130 valence electrons. The van der Waals surface area contributed by atoms with Crippen molar-refractivity contribution in [3.05, 3.63) is 24.3 Å². The van der Waals surface area contributed by atoms with Crippen LogP contribution in [-0.2, 0) is 9.59 Å². The minimum absolute atomic E-state index is 0.149. The summed E-state index contributed by atoms with van der Waals surface area (Å²) in [5, 5.41) is 16.5. The summed E-state index contributed by atoms with van der Waals surface area (Å²) in [5.74, 6) is -2.14. The van der Waals surface area contributed by atoms with E-state index < -0.39 is 24.1 Å². The molecule has 0 aromatic heterocycles. The molecule has 0 saturated carbocycles. The molecule has 0 unspecified atom stereocenters. The first kappa shape index (κ1) is 17.8. The number of urea groups is 1. The van der Waals surface area contributed by atoms with Gasteiger partial charge in [-0.1, -0.05) is 39.8 Å². The van der Waals surface area contributed by atoms with Gasteiger partial charge < -0.3 is 20.5 Å². The summed E-state index contributed by atoms with van der Waals surface area (Å²) in [7, 11) is 0. The number of benzene rings is 1. The topological polar surface area (TPSA) is 102 Å². The number of carboxylic acids is 1. The Hall–Kier alpha value is -2.57. The highest BCUT2D eigenvalue weighted by Crippen LogP contribution is 2.34. The Morgan fingerprint density at radius 2 is 1.83 bits per heavy atom. The third kappa shape index (κ3) is 3.34. The summed E-state index contributed by atoms with van der Waals surface area (Å²) >= 11 is 0. The zero-order chi connectivity index (χ0) is 18.0. The smallest absolute Gasteiger partial charge is 0.323 e. The van der Waals surface area contributed by atoms with E-state index in [1.807, 2.05) is 13.8 Å². The van der Waals surface area contributed by atoms with Crippen LogP contribution in [0.15, 0.2) is 24.3 Å². The van der Waals surface area contributed by atoms with E-state index in [-0.39, 0.29) is 17.7 Å². The molecule has 7 nitrogen and oxygen atoms in total. The lowest BCUT2D eigenvalue weighted by Crippen LogP contribution is -2.60. The van der Waals surface area contributed by atoms with Crippen molar-refractivity contribution >= 4 is 29.3 Å². The van der Waals surface area contributed by atoms with Crippen molar-refractivity contribution < 1.29 is 19.5 Å². The highest BCUT2D eigenvalue weighted by molar-refractivity contribution is 6.12. The Balaban J connectivity index is 2.41. The molecule has 0 radical (unpaired) electrons. The predicted octanol–water partition coefficient (Wildman–Crippen LogP) is 0.954. The van der Waals surface area contributed by atoms with Gasteiger partial charge in [0.25, 0.3) is 0 Å². The average molecular weight is 332 g/mol. The molecule has 2 rings (SSSR count). The van der Waals surface area contributed by atoms with E-state index in [1.165, 1.54) is 4.90 Å². The summed E-state index contributed by atoms with van der Waals surface area (Å²) in [6.45, 7) is 7.02. The van der Waals surface area contributed by atoms with Gasteiger partial charge in [-0.25, -0.2) is 4.79 Å². The fraction of sp³-hybridized carbons (Fsp3) is 0.471. The quantitative estimate of drug-likeness (QED) is 0.857. The average Bonchev–Trinajstić information content (AvgIpc) is 2.49. The largest absolute Gasteiger partial charge is 0.548 e. The molecule has 1 aromatic carbocycles. The minimum Gasteiger partial charge on any atom is -0.548 e. The summed E-state index contributed by atoms with van der Waals surface area (Å²) in [4.78, 5) is 37.8. The van der Waals surface area contributed by atoms with Crippen molar-refractivity contribution in [1.29, 1.82) is 0 Å². The molecule has 1 aromatic rings. The van der Waals surface area contributed by atoms with Crippen LogP contribution in [0.4, 0.5) is 16.2 Å². The Bertz CT molecular complexity index is 657. The number of rotatable bonds is 4. The van der Waals surface area contributed by atoms with Gasteiger partial charge in [0, 0.05) is 0 Å². The minimum atomic E-state index is -1.35. The van der Waals surface area contributed by atoms with Gasteiger partial charge >= 0.3 is 6.03 Å². The number of nitrogens with one attached hydrogen (secondary N) is 2. The molecule has 0 fully saturated rings. The van der Waals surface area contributed by atoms with E-state index in [0.717, 1.165) is 0 Å². The third-order valence-corrected chi connectivity index (χ3v) is 4.02. The van der Waals surface area contributed by atoms with Crippen molar-refractivity contribution in [1.82, 2.24) is 5.32 Å². The van der Waals surface area contributed by atoms with Crippen LogP contribution in [0.1, 0.15) is 27.7 Å². The number of anilines is 2. The van der Waals surface area contributed by atoms with Gasteiger partial charge in [-0.05, 0) is 24.0 Å². The maximum atomic E-state index is 12.8. The highest BCUT2D eigenvalue weighted by atomic mass is 16.4. The lowest BCUT2D eigenvalue weighted by molar-refractivity contribution is -0.309. The fourth-order valence-electron chi connectivity index (χ4n) is 2.80. The number of hydrogen-bond donors (Lipinski definition) is 2. The normalized spacial score (nSPS) is 18.2. The molecule has 2 atom stereocenters. The fourth-order valence-corrected chi connectivity index (χ4v) is 2.80. The van der Waals surface area contributed by atoms with E-state index in [1.54, 1.807) is 38.1 Å². The van der Waals surface area contributed by atoms with Crippen LogP contribution in [0.2, 0.25) is 0 Å². The van der Waals surface area contributed by atoms with Crippen LogP contribution in [0.3, 0.4) is 0 Å². The number of amides is 3. The van der Waals surface area contributed by atoms with E-state index in [2.05, 4.69) is 10.6 Å². The lowest BCUT2D eigenvalue weighted by atomic mass is 9.97. The molecule has 0 spiro atoms. The SMILES string of the molecule is CC(C)[C@H](NC(=O)N1c2ccccc2NC(=O)[C@@H]1C(C)C)C(=O)[O-]. The Labute approximate surface area is 141 Å². The molecular weight excluding hydrogens is 310 g/mol. The van der Waals surface area contributed by atoms with Crippen molar-refractivity contribution in [3.8, 4) is 0 Å². The zero-order valence-electron chi connectivity index (χ0n) is 14.2. The summed E-state index contributed by atoms with van der Waals surface area (Å²) in [5.41, 5.74) is 1.05. The van der Waals surface area contributed by atoms with Gasteiger partial charge in [-0.3, -0.25) is 9.69 Å². The van der Waals surface area contributed by atoms with Gasteiger partial charge in [0.15, 0.2) is 0 Å². The molecule has 7 heteroatoms. The van der Waals surface area contributed by atoms with Crippen molar-refractivity contribution in [2.24, 2.45) is 11.8 Å². The van der Waals surface area contributed by atoms with Gasteiger partial charge in [0.1, 0.15) is 6.04 Å². The molecule has 0 aliphatic carbocycles. The Morgan fingerprint density at radius 3 is 2.38 bits per heavy atom. The van der Waals surface area contributed by atoms with Crippen LogP contribution in [0, 0.1) is 11.8 Å². The van der Waals surface area contributed by atoms with Crippen LogP contribution >= 0.6 is 0 Å². The van der Waals surface area contributed by atoms with Crippen molar-refractivity contribution in [3.63, 3.8) is 0 Å². The van der Waals surface area contributed by atoms with E-state index in [9.17, 15) is 19.5 Å². The number of carbonyl (C=O) groups is 3. The second-order valence-corrected chi connectivity index (χ2v) is 6.56. The number of aliphatic carboxylic acids is 1. The number of fused-ring (bicyclic) bond motifs is 1. The Morgan fingerprint density at radius 1 is 1.21 bits per heavy atom. The van der Waals surface area contributed by atoms with Crippen molar-refractivity contribution in [2.75, 3.05) is 10.2 Å². The number of hydrogen-bond acceptors (Lipinski definition) is 4. The van der Waals surface area contributed by atoms with E-state index in [0.29, 0.717) is 11.4 Å². The Kier molecular flexibility index (Phi) is 5.11. The third-order valence-electron chi connectivity index (χ3n) is 4.02. The first-order valence-electron chi connectivity index (χ1n) is 7.94. The second-order valence-electron chi connectivity index (χ2n) is 6.56. The van der Waals surface area contributed by atoms with E-state index in [4.69, 9.17) is 0 Å². The van der Waals surface area contributed by atoms with Crippen LogP contribution in [0.5, 0.6) is 0 Å². The number of para-hydroxylation sites is 2. The van der Waals surface area contributed by atoms with Gasteiger partial charge in [-0.2, -0.15) is 0 Å². The maximum absolute atomic E-state index is 12.8. The molecule has 1 heterocycles. The van der Waals surface area contributed by atoms with Crippen LogP contribution in [0.25, 0.3) is 0 Å². The highest BCUT2D eigenvalue weighted by Gasteiger charge is 2.39. The molecule has 2 N–H and O–H groups in total. The first-order chi connectivity index (χ1) is 11.2. The van der Waals surface area contributed by atoms with Crippen LogP contribution in [-0.4, -0.2) is 30.0 Å². The number of nitrogens with zero attached hydrogens (tertiary/aromatic N) is 1.